The molecule has 0 N–H and O–H groups in total. The number of rotatable bonds is 4. The van der Waals surface area contributed by atoms with Gasteiger partial charge in [-0.15, -0.1) is 0 Å². The quantitative estimate of drug-likeness (QED) is 0.402. The summed E-state index contributed by atoms with van der Waals surface area (Å²) in [6, 6.07) is 0. The van der Waals surface area contributed by atoms with Crippen LogP contribution in [0.2, 0.25) is 0 Å². The zero-order valence-electron chi connectivity index (χ0n) is 5.27. The zero-order chi connectivity index (χ0) is 8.20. The van der Waals surface area contributed by atoms with Crippen LogP contribution in [0, 0.1) is 0 Å². The molecule has 1 atom stereocenters. The van der Waals surface area contributed by atoms with Gasteiger partial charge in [-0.3, -0.25) is 4.52 Å². The molecule has 0 aliphatic rings. The first kappa shape index (κ1) is 10.3. The molecule has 60 valence electrons. The van der Waals surface area contributed by atoms with Crippen molar-refractivity contribution in [3.8, 4) is 0 Å². The average Bonchev–Trinajstić information content (AvgIpc) is 1.59. The van der Waals surface area contributed by atoms with E-state index in [0.717, 1.165) is 6.26 Å². The summed E-state index contributed by atoms with van der Waals surface area (Å²) >= 11 is 10.6. The molecule has 0 aromatic heterocycles. The summed E-state index contributed by atoms with van der Waals surface area (Å²) in [5.41, 5.74) is 0. The van der Waals surface area contributed by atoms with E-state index in [1.54, 1.807) is 0 Å². The fourth-order valence-corrected chi connectivity index (χ4v) is 1.09. The summed E-state index contributed by atoms with van der Waals surface area (Å²) < 4.78 is 17.9. The molecule has 0 aromatic carbocycles. The van der Waals surface area contributed by atoms with Crippen LogP contribution in [0.5, 0.6) is 0 Å². The zero-order valence-corrected chi connectivity index (χ0v) is 7.78. The van der Waals surface area contributed by atoms with Crippen LogP contribution in [-0.4, -0.2) is 4.52 Å². The summed E-state index contributed by atoms with van der Waals surface area (Å²) in [5.74, 6) is 0. The van der Waals surface area contributed by atoms with Crippen molar-refractivity contribution in [2.75, 3.05) is 0 Å². The minimum atomic E-state index is -2.63. The minimum absolute atomic E-state index is 1.00. The van der Waals surface area contributed by atoms with Gasteiger partial charge in [-0.05, 0) is 6.92 Å². The average molecular weight is 205 g/mol. The van der Waals surface area contributed by atoms with Gasteiger partial charge in [0.1, 0.15) is 0 Å². The van der Waals surface area contributed by atoms with Crippen LogP contribution in [-0.2, 0) is 13.6 Å². The van der Waals surface area contributed by atoms with Crippen LogP contribution in [0.25, 0.3) is 0 Å². The van der Waals surface area contributed by atoms with Crippen LogP contribution in [0.15, 0.2) is 12.8 Å². The van der Waals surface area contributed by atoms with Crippen molar-refractivity contribution >= 4 is 31.5 Å². The predicted octanol–water partition coefficient (Wildman–Crippen LogP) is 2.70. The maximum absolute atomic E-state index is 10.6. The second-order valence-corrected chi connectivity index (χ2v) is 4.02. The van der Waals surface area contributed by atoms with Crippen LogP contribution in [0.4, 0.5) is 0 Å². The summed E-state index contributed by atoms with van der Waals surface area (Å²) in [6.45, 7) is 4.51. The fraction of sp³-hybridized carbons (Fsp3) is 0.500. The lowest BCUT2D eigenvalue weighted by Crippen LogP contribution is -2.06. The molecule has 0 aliphatic carbocycles. The van der Waals surface area contributed by atoms with Crippen LogP contribution >= 0.6 is 31.5 Å². The van der Waals surface area contributed by atoms with Crippen molar-refractivity contribution in [1.82, 2.24) is 0 Å². The van der Waals surface area contributed by atoms with Gasteiger partial charge in [0.05, 0.1) is 6.26 Å². The molecule has 0 saturated heterocycles. The number of hydrogen-bond donors (Lipinski definition) is 0. The van der Waals surface area contributed by atoms with E-state index in [1.165, 1.54) is 6.92 Å². The molecule has 0 fully saturated rings. The molecule has 0 radical (unpaired) electrons. The van der Waals surface area contributed by atoms with E-state index in [-0.39, 0.29) is 0 Å². The Bertz CT molecular complexity index is 142. The Balaban J connectivity index is 3.68. The lowest BCUT2D eigenvalue weighted by molar-refractivity contribution is 0.232. The smallest absolute Gasteiger partial charge is 0.369 e. The van der Waals surface area contributed by atoms with Gasteiger partial charge in [0, 0.05) is 0 Å². The molecule has 0 bridgehead atoms. The van der Waals surface area contributed by atoms with Crippen molar-refractivity contribution in [2.45, 2.75) is 11.4 Å². The van der Waals surface area contributed by atoms with Crippen molar-refractivity contribution < 1.29 is 13.6 Å². The highest BCUT2D eigenvalue weighted by Gasteiger charge is 2.20. The number of hydrogen-bond acceptors (Lipinski definition) is 3. The fourth-order valence-electron chi connectivity index (χ4n) is 0.238. The second-order valence-electron chi connectivity index (χ2n) is 1.44. The largest absolute Gasteiger partial charge is 0.435 e. The Morgan fingerprint density at radius 3 is 2.50 bits per heavy atom. The van der Waals surface area contributed by atoms with Gasteiger partial charge >= 0.3 is 8.25 Å². The molecular formula is C4H7Cl2O3P. The van der Waals surface area contributed by atoms with Crippen molar-refractivity contribution in [1.29, 1.82) is 0 Å². The predicted molar refractivity (Wildman–Crippen MR) is 41.5 cm³/mol. The molecule has 0 spiro atoms. The first-order valence-corrected chi connectivity index (χ1v) is 4.32. The van der Waals surface area contributed by atoms with Crippen molar-refractivity contribution in [3.05, 3.63) is 12.8 Å². The number of halogens is 2. The first-order chi connectivity index (χ1) is 4.45. The van der Waals surface area contributed by atoms with E-state index in [0.29, 0.717) is 0 Å². The molecule has 0 saturated carbocycles. The molecule has 0 amide bonds. The van der Waals surface area contributed by atoms with E-state index < -0.39 is 12.8 Å². The number of alkyl halides is 2. The maximum Gasteiger partial charge on any atom is 0.369 e. The molecule has 0 rings (SSSR count). The lowest BCUT2D eigenvalue weighted by Gasteiger charge is -2.12. The molecule has 6 heteroatoms. The Morgan fingerprint density at radius 1 is 1.70 bits per heavy atom. The Kier molecular flexibility index (Phi) is 4.37. The van der Waals surface area contributed by atoms with Gasteiger partial charge in [0.2, 0.25) is 4.52 Å². The lowest BCUT2D eigenvalue weighted by atomic mass is 10.9. The highest BCUT2D eigenvalue weighted by molar-refractivity contribution is 7.33. The van der Waals surface area contributed by atoms with Crippen molar-refractivity contribution in [3.63, 3.8) is 0 Å². The van der Waals surface area contributed by atoms with Gasteiger partial charge in [-0.2, -0.15) is 0 Å². The molecule has 3 nitrogen and oxygen atoms in total. The standard InChI is InChI=1S/C4H7Cl2O3P/c1-3-8-10(7)9-4(2,5)6/h3,10H,1H2,2H3. The summed E-state index contributed by atoms with van der Waals surface area (Å²) in [7, 11) is -2.63. The molecule has 1 unspecified atom stereocenters. The highest BCUT2D eigenvalue weighted by atomic mass is 35.5. The third-order valence-electron chi connectivity index (χ3n) is 0.442. The Morgan fingerprint density at radius 2 is 2.20 bits per heavy atom. The van der Waals surface area contributed by atoms with E-state index in [2.05, 4.69) is 15.6 Å². The SMILES string of the molecule is C=CO[PH](=O)OC(C)(Cl)Cl. The summed E-state index contributed by atoms with van der Waals surface area (Å²) in [6.07, 6.45) is 1.00. The third-order valence-corrected chi connectivity index (χ3v) is 1.79. The van der Waals surface area contributed by atoms with Gasteiger partial charge in [-0.25, -0.2) is 4.57 Å². The van der Waals surface area contributed by atoms with E-state index in [9.17, 15) is 4.57 Å². The van der Waals surface area contributed by atoms with E-state index in [1.807, 2.05) is 0 Å². The van der Waals surface area contributed by atoms with Gasteiger partial charge in [0.25, 0.3) is 0 Å². The topological polar surface area (TPSA) is 35.5 Å². The monoisotopic (exact) mass is 204 g/mol. The molecule has 10 heavy (non-hydrogen) atoms. The van der Waals surface area contributed by atoms with Crippen molar-refractivity contribution in [2.24, 2.45) is 0 Å². The summed E-state index contributed by atoms with van der Waals surface area (Å²) in [5, 5.41) is 0. The Hall–Kier alpha value is 0.310. The first-order valence-electron chi connectivity index (χ1n) is 2.34. The maximum atomic E-state index is 10.6. The van der Waals surface area contributed by atoms with E-state index >= 15 is 0 Å². The minimum Gasteiger partial charge on any atom is -0.435 e. The molecule has 0 aromatic rings. The molecule has 0 heterocycles. The van der Waals surface area contributed by atoms with E-state index in [4.69, 9.17) is 23.2 Å². The Labute approximate surface area is 69.9 Å². The van der Waals surface area contributed by atoms with Crippen LogP contribution in [0.1, 0.15) is 6.92 Å². The summed E-state index contributed by atoms with van der Waals surface area (Å²) in [4.78, 5) is 0. The third kappa shape index (κ3) is 6.43. The van der Waals surface area contributed by atoms with Gasteiger partial charge in [0.15, 0.2) is 0 Å². The second kappa shape index (κ2) is 4.24. The van der Waals surface area contributed by atoms with Crippen LogP contribution < -0.4 is 0 Å². The van der Waals surface area contributed by atoms with Crippen LogP contribution in [0.3, 0.4) is 0 Å². The normalized spacial score (nSPS) is 14.3. The van der Waals surface area contributed by atoms with Gasteiger partial charge in [-0.1, -0.05) is 29.8 Å². The van der Waals surface area contributed by atoms with Gasteiger partial charge < -0.3 is 4.52 Å². The molecule has 0 aliphatic heterocycles. The highest BCUT2D eigenvalue weighted by Crippen LogP contribution is 2.36. The molecular weight excluding hydrogens is 198 g/mol.